The van der Waals surface area contributed by atoms with Crippen molar-refractivity contribution in [2.45, 2.75) is 38.6 Å². The number of carbonyl (C=O) groups is 1. The molecule has 4 rings (SSSR count). The average molecular weight is 500 g/mol. The molecule has 0 aliphatic rings. The molecule has 184 valence electrons. The lowest BCUT2D eigenvalue weighted by molar-refractivity contribution is -0.671. The van der Waals surface area contributed by atoms with Crippen LogP contribution in [-0.2, 0) is 21.5 Å². The van der Waals surface area contributed by atoms with Gasteiger partial charge in [0.05, 0.1) is 23.3 Å². The molecule has 10 heteroatoms. The van der Waals surface area contributed by atoms with E-state index in [2.05, 4.69) is 9.55 Å². The first kappa shape index (κ1) is 24.6. The normalized spacial score (nSPS) is 11.8. The molecular weight excluding hydrogens is 472 g/mol. The number of hydrogen-bond donors (Lipinski definition) is 2. The van der Waals surface area contributed by atoms with E-state index in [0.29, 0.717) is 29.2 Å². The van der Waals surface area contributed by atoms with E-state index in [0.717, 1.165) is 35.9 Å². The van der Waals surface area contributed by atoms with E-state index in [4.69, 9.17) is 18.8 Å². The van der Waals surface area contributed by atoms with Gasteiger partial charge in [-0.3, -0.25) is 9.35 Å². The van der Waals surface area contributed by atoms with Crippen molar-refractivity contribution >= 4 is 38.1 Å². The van der Waals surface area contributed by atoms with Gasteiger partial charge in [0.2, 0.25) is 11.4 Å². The van der Waals surface area contributed by atoms with Gasteiger partial charge in [-0.25, -0.2) is 4.98 Å². The summed E-state index contributed by atoms with van der Waals surface area (Å²) < 4.78 is 44.2. The van der Waals surface area contributed by atoms with Crippen LogP contribution < -0.4 is 9.30 Å². The van der Waals surface area contributed by atoms with E-state index in [1.165, 1.54) is 0 Å². The first-order chi connectivity index (χ1) is 16.8. The van der Waals surface area contributed by atoms with Crippen molar-refractivity contribution in [1.82, 2.24) is 4.98 Å². The Morgan fingerprint density at radius 2 is 1.89 bits per heavy atom. The third-order valence-corrected chi connectivity index (χ3v) is 6.42. The molecular formula is C25H27N2O7S+. The minimum absolute atomic E-state index is 0.145. The molecule has 2 N–H and O–H groups in total. The lowest BCUT2D eigenvalue weighted by Crippen LogP contribution is -2.34. The Labute approximate surface area is 202 Å². The maximum absolute atomic E-state index is 10.8. The molecule has 0 saturated carbocycles. The van der Waals surface area contributed by atoms with Crippen LogP contribution in [0.15, 0.2) is 59.1 Å². The number of carboxylic acid groups (broad SMARTS) is 1. The van der Waals surface area contributed by atoms with E-state index in [9.17, 15) is 13.2 Å². The van der Waals surface area contributed by atoms with Crippen molar-refractivity contribution in [2.75, 3.05) is 12.4 Å². The second-order valence-electron chi connectivity index (χ2n) is 8.28. The standard InChI is InChI=1S/C25H26N2O7S/c28-24(29)9-2-1-5-13-27-14-12-20(19-7-3-4-8-22(19)27)25-26-21-11-10-18(17-23(21)34-25)33-15-6-16-35(30,31)32/h3-4,7-8,10-12,14,17H,1-2,5-6,9,13,15-16H2,(H-,28,29,30,31,32)/p+1. The summed E-state index contributed by atoms with van der Waals surface area (Å²) in [5.74, 6) is -0.116. The number of pyridine rings is 1. The summed E-state index contributed by atoms with van der Waals surface area (Å²) in [6.07, 6.45) is 4.76. The Morgan fingerprint density at radius 3 is 2.69 bits per heavy atom. The van der Waals surface area contributed by atoms with E-state index < -0.39 is 16.1 Å². The van der Waals surface area contributed by atoms with Crippen molar-refractivity contribution in [3.05, 3.63) is 54.7 Å². The molecule has 0 radical (unpaired) electrons. The van der Waals surface area contributed by atoms with Gasteiger partial charge in [0.15, 0.2) is 11.8 Å². The highest BCUT2D eigenvalue weighted by Crippen LogP contribution is 2.30. The van der Waals surface area contributed by atoms with Crippen molar-refractivity contribution in [1.29, 1.82) is 0 Å². The van der Waals surface area contributed by atoms with Crippen LogP contribution >= 0.6 is 0 Å². The molecule has 0 spiro atoms. The zero-order valence-electron chi connectivity index (χ0n) is 19.1. The van der Waals surface area contributed by atoms with E-state index in [-0.39, 0.29) is 25.2 Å². The highest BCUT2D eigenvalue weighted by atomic mass is 32.2. The summed E-state index contributed by atoms with van der Waals surface area (Å²) in [7, 11) is -4.00. The lowest BCUT2D eigenvalue weighted by Gasteiger charge is -2.05. The first-order valence-corrected chi connectivity index (χ1v) is 13.0. The number of benzene rings is 2. The van der Waals surface area contributed by atoms with Crippen molar-refractivity contribution in [3.8, 4) is 17.2 Å². The van der Waals surface area contributed by atoms with Crippen LogP contribution in [0.3, 0.4) is 0 Å². The second kappa shape index (κ2) is 10.8. The maximum Gasteiger partial charge on any atom is 0.303 e. The molecule has 0 aliphatic carbocycles. The van der Waals surface area contributed by atoms with Crippen molar-refractivity contribution in [2.24, 2.45) is 0 Å². The van der Waals surface area contributed by atoms with E-state index >= 15 is 0 Å². The quantitative estimate of drug-likeness (QED) is 0.168. The third-order valence-electron chi connectivity index (χ3n) is 5.62. The van der Waals surface area contributed by atoms with Crippen LogP contribution in [-0.4, -0.2) is 41.4 Å². The summed E-state index contributed by atoms with van der Waals surface area (Å²) in [5, 5.41) is 9.79. The Hall–Kier alpha value is -3.50. The highest BCUT2D eigenvalue weighted by Gasteiger charge is 2.18. The molecule has 0 unspecified atom stereocenters. The Kier molecular flexibility index (Phi) is 7.62. The number of carboxylic acids is 1. The summed E-state index contributed by atoms with van der Waals surface area (Å²) >= 11 is 0. The number of aryl methyl sites for hydroxylation is 1. The minimum atomic E-state index is -4.00. The number of para-hydroxylation sites is 1. The maximum atomic E-state index is 10.8. The smallest absolute Gasteiger partial charge is 0.303 e. The van der Waals surface area contributed by atoms with Gasteiger partial charge in [-0.1, -0.05) is 12.1 Å². The topological polar surface area (TPSA) is 131 Å². The Balaban J connectivity index is 1.52. The first-order valence-electron chi connectivity index (χ1n) is 11.4. The molecule has 0 bridgehead atoms. The van der Waals surface area contributed by atoms with E-state index in [1.807, 2.05) is 36.5 Å². The van der Waals surface area contributed by atoms with Gasteiger partial charge in [0.1, 0.15) is 17.8 Å². The number of fused-ring (bicyclic) bond motifs is 2. The van der Waals surface area contributed by atoms with Crippen molar-refractivity contribution < 1.29 is 36.6 Å². The summed E-state index contributed by atoms with van der Waals surface area (Å²) in [6, 6.07) is 15.2. The molecule has 4 aromatic rings. The monoisotopic (exact) mass is 499 g/mol. The molecule has 0 saturated heterocycles. The largest absolute Gasteiger partial charge is 0.493 e. The van der Waals surface area contributed by atoms with Gasteiger partial charge in [-0.2, -0.15) is 13.0 Å². The van der Waals surface area contributed by atoms with Gasteiger partial charge in [-0.05, 0) is 37.5 Å². The fraction of sp³-hybridized carbons (Fsp3) is 0.320. The SMILES string of the molecule is O=C(O)CCCCC[n+]1ccc(-c2nc3ccc(OCCCS(=O)(=O)O)cc3o2)c2ccccc21. The van der Waals surface area contributed by atoms with Crippen LogP contribution in [0.1, 0.15) is 32.1 Å². The molecule has 9 nitrogen and oxygen atoms in total. The number of aliphatic carboxylic acids is 1. The zero-order valence-corrected chi connectivity index (χ0v) is 19.9. The lowest BCUT2D eigenvalue weighted by atomic mass is 10.1. The predicted octanol–water partition coefficient (Wildman–Crippen LogP) is 4.24. The van der Waals surface area contributed by atoms with Gasteiger partial charge in [-0.15, -0.1) is 0 Å². The second-order valence-corrected chi connectivity index (χ2v) is 9.85. The average Bonchev–Trinajstić information content (AvgIpc) is 3.24. The molecule has 2 heterocycles. The van der Waals surface area contributed by atoms with Gasteiger partial charge in [0, 0.05) is 31.0 Å². The Morgan fingerprint density at radius 1 is 1.06 bits per heavy atom. The number of ether oxygens (including phenoxy) is 1. The van der Waals surface area contributed by atoms with Gasteiger partial charge < -0.3 is 14.3 Å². The highest BCUT2D eigenvalue weighted by molar-refractivity contribution is 7.85. The van der Waals surface area contributed by atoms with Gasteiger partial charge in [0.25, 0.3) is 10.1 Å². The summed E-state index contributed by atoms with van der Waals surface area (Å²) in [5.41, 5.74) is 3.11. The number of aromatic nitrogens is 2. The van der Waals surface area contributed by atoms with Crippen molar-refractivity contribution in [3.63, 3.8) is 0 Å². The number of rotatable bonds is 12. The van der Waals surface area contributed by atoms with Crippen LogP contribution in [0.4, 0.5) is 0 Å². The van der Waals surface area contributed by atoms with Crippen LogP contribution in [0.2, 0.25) is 0 Å². The molecule has 35 heavy (non-hydrogen) atoms. The summed E-state index contributed by atoms with van der Waals surface area (Å²) in [6.45, 7) is 0.929. The fourth-order valence-corrected chi connectivity index (χ4v) is 4.43. The number of unbranched alkanes of at least 4 members (excludes halogenated alkanes) is 2. The molecule has 2 aromatic carbocycles. The van der Waals surface area contributed by atoms with Crippen LogP contribution in [0, 0.1) is 0 Å². The number of oxazole rings is 1. The molecule has 0 aliphatic heterocycles. The molecule has 0 amide bonds. The zero-order chi connectivity index (χ0) is 24.8. The minimum Gasteiger partial charge on any atom is -0.493 e. The number of hydrogen-bond acceptors (Lipinski definition) is 6. The third kappa shape index (κ3) is 6.55. The molecule has 2 aromatic heterocycles. The Bertz CT molecular complexity index is 1450. The van der Waals surface area contributed by atoms with E-state index in [1.54, 1.807) is 18.2 Å². The molecule has 0 atom stereocenters. The number of nitrogens with zero attached hydrogens (tertiary/aromatic N) is 2. The predicted molar refractivity (Wildman–Crippen MR) is 130 cm³/mol. The summed E-state index contributed by atoms with van der Waals surface area (Å²) in [4.78, 5) is 15.3. The van der Waals surface area contributed by atoms with Crippen LogP contribution in [0.5, 0.6) is 5.75 Å². The van der Waals surface area contributed by atoms with Crippen LogP contribution in [0.25, 0.3) is 33.5 Å². The van der Waals surface area contributed by atoms with Gasteiger partial charge >= 0.3 is 5.97 Å². The molecule has 0 fully saturated rings. The fourth-order valence-electron chi connectivity index (χ4n) is 3.94.